The van der Waals surface area contributed by atoms with Crippen LogP contribution in [0.25, 0.3) is 10.8 Å². The molecule has 0 saturated carbocycles. The largest absolute Gasteiger partial charge is 0.493 e. The lowest BCUT2D eigenvalue weighted by molar-refractivity contribution is 0.305. The summed E-state index contributed by atoms with van der Waals surface area (Å²) in [6.45, 7) is 5.15. The highest BCUT2D eigenvalue weighted by atomic mass is 16.5. The molecule has 0 aliphatic rings. The number of hydrogen-bond acceptors (Lipinski definition) is 1. The van der Waals surface area contributed by atoms with Gasteiger partial charge in [0.05, 0.1) is 6.61 Å². The minimum Gasteiger partial charge on any atom is -0.493 e. The van der Waals surface area contributed by atoms with Gasteiger partial charge in [0.25, 0.3) is 0 Å². The van der Waals surface area contributed by atoms with Crippen LogP contribution in [0.1, 0.15) is 31.7 Å². The van der Waals surface area contributed by atoms with Gasteiger partial charge in [-0.05, 0) is 41.8 Å². The molecular weight excluding hydrogens is 208 g/mol. The van der Waals surface area contributed by atoms with Crippen LogP contribution in [0.15, 0.2) is 36.4 Å². The van der Waals surface area contributed by atoms with Crippen molar-refractivity contribution < 1.29 is 4.74 Å². The summed E-state index contributed by atoms with van der Waals surface area (Å²) in [5.74, 6) is 1.03. The van der Waals surface area contributed by atoms with Crippen molar-refractivity contribution in [2.24, 2.45) is 0 Å². The third kappa shape index (κ3) is 3.00. The average Bonchev–Trinajstić information content (AvgIpc) is 2.35. The van der Waals surface area contributed by atoms with Crippen molar-refractivity contribution in [2.75, 3.05) is 6.61 Å². The Morgan fingerprint density at radius 2 is 1.71 bits per heavy atom. The first-order valence-electron chi connectivity index (χ1n) is 6.43. The van der Waals surface area contributed by atoms with Crippen LogP contribution in [-0.2, 0) is 0 Å². The number of ether oxygens (including phenoxy) is 1. The predicted octanol–water partition coefficient (Wildman–Crippen LogP) is 4.72. The lowest BCUT2D eigenvalue weighted by atomic mass is 10.1. The lowest BCUT2D eigenvalue weighted by Gasteiger charge is -2.10. The van der Waals surface area contributed by atoms with E-state index in [4.69, 9.17) is 4.74 Å². The molecule has 0 unspecified atom stereocenters. The zero-order valence-corrected chi connectivity index (χ0v) is 10.7. The van der Waals surface area contributed by atoms with E-state index in [0.717, 1.165) is 18.8 Å². The van der Waals surface area contributed by atoms with Crippen molar-refractivity contribution in [3.63, 3.8) is 0 Å². The van der Waals surface area contributed by atoms with E-state index in [1.54, 1.807) is 0 Å². The Hall–Kier alpha value is -1.50. The van der Waals surface area contributed by atoms with Gasteiger partial charge in [0.15, 0.2) is 0 Å². The number of rotatable bonds is 5. The molecule has 0 fully saturated rings. The van der Waals surface area contributed by atoms with Crippen molar-refractivity contribution in [3.8, 4) is 5.75 Å². The fourth-order valence-electron chi connectivity index (χ4n) is 2.02. The van der Waals surface area contributed by atoms with E-state index in [2.05, 4.69) is 50.2 Å². The number of hydrogen-bond donors (Lipinski definition) is 0. The van der Waals surface area contributed by atoms with Gasteiger partial charge in [-0.1, -0.05) is 44.0 Å². The van der Waals surface area contributed by atoms with Crippen LogP contribution in [0.5, 0.6) is 5.75 Å². The van der Waals surface area contributed by atoms with Gasteiger partial charge in [-0.2, -0.15) is 0 Å². The molecule has 0 radical (unpaired) electrons. The Morgan fingerprint density at radius 1 is 1.00 bits per heavy atom. The predicted molar refractivity (Wildman–Crippen MR) is 73.7 cm³/mol. The molecule has 0 aliphatic carbocycles. The second-order valence-corrected chi connectivity index (χ2v) is 4.52. The van der Waals surface area contributed by atoms with Crippen LogP contribution in [0.4, 0.5) is 0 Å². The number of benzene rings is 2. The second-order valence-electron chi connectivity index (χ2n) is 4.52. The van der Waals surface area contributed by atoms with Gasteiger partial charge in [-0.15, -0.1) is 0 Å². The topological polar surface area (TPSA) is 9.23 Å². The molecule has 0 amide bonds. The molecule has 0 atom stereocenters. The summed E-state index contributed by atoms with van der Waals surface area (Å²) in [5.41, 5.74) is 1.22. The molecule has 0 aliphatic heterocycles. The van der Waals surface area contributed by atoms with Gasteiger partial charge >= 0.3 is 0 Å². The van der Waals surface area contributed by atoms with Crippen molar-refractivity contribution in [2.45, 2.75) is 33.1 Å². The van der Waals surface area contributed by atoms with Crippen molar-refractivity contribution >= 4 is 10.8 Å². The average molecular weight is 228 g/mol. The van der Waals surface area contributed by atoms with Gasteiger partial charge in [0, 0.05) is 0 Å². The van der Waals surface area contributed by atoms with Gasteiger partial charge in [0.2, 0.25) is 0 Å². The van der Waals surface area contributed by atoms with Gasteiger partial charge < -0.3 is 4.74 Å². The van der Waals surface area contributed by atoms with E-state index in [9.17, 15) is 0 Å². The van der Waals surface area contributed by atoms with Crippen molar-refractivity contribution in [1.82, 2.24) is 0 Å². The molecule has 90 valence electrons. The van der Waals surface area contributed by atoms with Gasteiger partial charge in [-0.25, -0.2) is 0 Å². The molecule has 17 heavy (non-hydrogen) atoms. The van der Waals surface area contributed by atoms with Crippen LogP contribution in [0.3, 0.4) is 0 Å². The van der Waals surface area contributed by atoms with Crippen LogP contribution >= 0.6 is 0 Å². The van der Waals surface area contributed by atoms with E-state index in [-0.39, 0.29) is 0 Å². The van der Waals surface area contributed by atoms with Gasteiger partial charge in [-0.3, -0.25) is 0 Å². The molecule has 1 heteroatoms. The first-order chi connectivity index (χ1) is 8.31. The number of fused-ring (bicyclic) bond motifs is 1. The highest BCUT2D eigenvalue weighted by molar-refractivity contribution is 5.84. The molecule has 0 saturated heterocycles. The highest BCUT2D eigenvalue weighted by Gasteiger charge is 2.02. The van der Waals surface area contributed by atoms with E-state index < -0.39 is 0 Å². The summed E-state index contributed by atoms with van der Waals surface area (Å²) in [4.78, 5) is 0. The van der Waals surface area contributed by atoms with E-state index >= 15 is 0 Å². The van der Waals surface area contributed by atoms with E-state index in [1.807, 2.05) is 0 Å². The fourth-order valence-corrected chi connectivity index (χ4v) is 2.02. The molecule has 0 N–H and O–H groups in total. The standard InChI is InChI=1S/C16H20O/c1-3-4-7-10-17-16-12-15-9-6-5-8-14(15)11-13(16)2/h5-6,8-9,11-12H,3-4,7,10H2,1-2H3. The smallest absolute Gasteiger partial charge is 0.122 e. The Balaban J connectivity index is 2.14. The summed E-state index contributed by atoms with van der Waals surface area (Å²) in [6, 6.07) is 12.8. The Labute approximate surface area is 103 Å². The third-order valence-electron chi connectivity index (χ3n) is 3.05. The summed E-state index contributed by atoms with van der Waals surface area (Å²) in [6.07, 6.45) is 3.62. The van der Waals surface area contributed by atoms with E-state index in [0.29, 0.717) is 0 Å². The molecule has 2 aromatic rings. The maximum Gasteiger partial charge on any atom is 0.122 e. The first kappa shape index (κ1) is 12.0. The quantitative estimate of drug-likeness (QED) is 0.673. The number of aryl methyl sites for hydroxylation is 1. The normalized spacial score (nSPS) is 10.7. The second kappa shape index (κ2) is 5.72. The Kier molecular flexibility index (Phi) is 4.03. The molecule has 2 aromatic carbocycles. The first-order valence-corrected chi connectivity index (χ1v) is 6.43. The van der Waals surface area contributed by atoms with Gasteiger partial charge in [0.1, 0.15) is 5.75 Å². The maximum absolute atomic E-state index is 5.85. The fraction of sp³-hybridized carbons (Fsp3) is 0.375. The van der Waals surface area contributed by atoms with Crippen LogP contribution in [0, 0.1) is 6.92 Å². The molecular formula is C16H20O. The summed E-state index contributed by atoms with van der Waals surface area (Å²) >= 11 is 0. The molecule has 0 aromatic heterocycles. The van der Waals surface area contributed by atoms with Crippen LogP contribution in [-0.4, -0.2) is 6.61 Å². The molecule has 0 heterocycles. The van der Waals surface area contributed by atoms with Crippen LogP contribution in [0.2, 0.25) is 0 Å². The molecule has 1 nitrogen and oxygen atoms in total. The zero-order chi connectivity index (χ0) is 12.1. The minimum absolute atomic E-state index is 0.826. The van der Waals surface area contributed by atoms with Crippen molar-refractivity contribution in [1.29, 1.82) is 0 Å². The van der Waals surface area contributed by atoms with Crippen molar-refractivity contribution in [3.05, 3.63) is 42.0 Å². The minimum atomic E-state index is 0.826. The van der Waals surface area contributed by atoms with Crippen LogP contribution < -0.4 is 4.74 Å². The monoisotopic (exact) mass is 228 g/mol. The molecule has 2 rings (SSSR count). The highest BCUT2D eigenvalue weighted by Crippen LogP contribution is 2.25. The summed E-state index contributed by atoms with van der Waals surface area (Å²) < 4.78 is 5.85. The SMILES string of the molecule is CCCCCOc1cc2ccccc2cc1C. The summed E-state index contributed by atoms with van der Waals surface area (Å²) in [7, 11) is 0. The summed E-state index contributed by atoms with van der Waals surface area (Å²) in [5, 5.41) is 2.54. The molecule has 0 bridgehead atoms. The third-order valence-corrected chi connectivity index (χ3v) is 3.05. The Morgan fingerprint density at radius 3 is 2.41 bits per heavy atom. The Bertz CT molecular complexity index is 488. The number of unbranched alkanes of at least 4 members (excludes halogenated alkanes) is 2. The van der Waals surface area contributed by atoms with E-state index in [1.165, 1.54) is 29.2 Å². The lowest BCUT2D eigenvalue weighted by Crippen LogP contribution is -1.98. The zero-order valence-electron chi connectivity index (χ0n) is 10.7. The molecule has 0 spiro atoms. The maximum atomic E-state index is 5.85.